The van der Waals surface area contributed by atoms with Gasteiger partial charge in [0, 0.05) is 9.86 Å². The van der Waals surface area contributed by atoms with Gasteiger partial charge in [-0.2, -0.15) is 4.39 Å². The highest BCUT2D eigenvalue weighted by Gasteiger charge is 2.18. The molecule has 1 aromatic carbocycles. The quantitative estimate of drug-likeness (QED) is 0.851. The molecule has 1 unspecified atom stereocenters. The zero-order valence-electron chi connectivity index (χ0n) is 8.43. The lowest BCUT2D eigenvalue weighted by Gasteiger charge is -2.01. The first-order valence-electron chi connectivity index (χ1n) is 4.79. The van der Waals surface area contributed by atoms with E-state index < -0.39 is 17.7 Å². The number of hydrogen-bond donors (Lipinski definition) is 1. The summed E-state index contributed by atoms with van der Waals surface area (Å²) in [6, 6.07) is 2.55. The second kappa shape index (κ2) is 4.14. The van der Waals surface area contributed by atoms with Crippen molar-refractivity contribution in [3.63, 3.8) is 0 Å². The van der Waals surface area contributed by atoms with Crippen LogP contribution in [0, 0.1) is 11.6 Å². The molecule has 1 N–H and O–H groups in total. The van der Waals surface area contributed by atoms with Crippen molar-refractivity contribution in [1.29, 1.82) is 0 Å². The summed E-state index contributed by atoms with van der Waals surface area (Å²) in [6.45, 7) is 1.77. The maximum atomic E-state index is 13.4. The molecule has 0 amide bonds. The van der Waals surface area contributed by atoms with Crippen LogP contribution in [0.4, 0.5) is 8.78 Å². The minimum absolute atomic E-state index is 0.172. The molecule has 2 rings (SSSR count). The maximum Gasteiger partial charge on any atom is 0.201 e. The highest BCUT2D eigenvalue weighted by atomic mass is 79.9. The van der Waals surface area contributed by atoms with Gasteiger partial charge in [-0.05, 0) is 34.5 Å². The Kier molecular flexibility index (Phi) is 2.99. The molecule has 86 valence electrons. The van der Waals surface area contributed by atoms with E-state index >= 15 is 0 Å². The van der Waals surface area contributed by atoms with E-state index in [2.05, 4.69) is 15.9 Å². The van der Waals surface area contributed by atoms with Gasteiger partial charge in [0.1, 0.15) is 11.9 Å². The SMILES string of the molecule is CCC(O)c1cc2c(Br)cc(F)c(F)c2o1. The molecule has 5 heteroatoms. The fourth-order valence-corrected chi connectivity index (χ4v) is 1.97. The van der Waals surface area contributed by atoms with Crippen molar-refractivity contribution in [3.8, 4) is 0 Å². The number of furan rings is 1. The summed E-state index contributed by atoms with van der Waals surface area (Å²) in [7, 11) is 0. The zero-order valence-corrected chi connectivity index (χ0v) is 10.0. The van der Waals surface area contributed by atoms with Crippen LogP contribution < -0.4 is 0 Å². The molecule has 1 aromatic heterocycles. The Morgan fingerprint density at radius 1 is 1.44 bits per heavy atom. The van der Waals surface area contributed by atoms with Crippen molar-refractivity contribution in [2.24, 2.45) is 0 Å². The lowest BCUT2D eigenvalue weighted by Crippen LogP contribution is -1.91. The van der Waals surface area contributed by atoms with E-state index in [1.807, 2.05) is 0 Å². The second-order valence-electron chi connectivity index (χ2n) is 3.47. The number of halogens is 3. The Bertz CT molecular complexity index is 536. The Hall–Kier alpha value is -0.940. The fourth-order valence-electron chi connectivity index (χ4n) is 1.48. The van der Waals surface area contributed by atoms with Crippen LogP contribution in [0.1, 0.15) is 25.2 Å². The molecule has 0 aliphatic heterocycles. The van der Waals surface area contributed by atoms with Gasteiger partial charge in [-0.3, -0.25) is 0 Å². The monoisotopic (exact) mass is 290 g/mol. The van der Waals surface area contributed by atoms with E-state index in [9.17, 15) is 13.9 Å². The van der Waals surface area contributed by atoms with E-state index in [-0.39, 0.29) is 11.3 Å². The molecule has 0 saturated carbocycles. The van der Waals surface area contributed by atoms with Gasteiger partial charge in [0.15, 0.2) is 11.4 Å². The van der Waals surface area contributed by atoms with Crippen LogP contribution in [0.3, 0.4) is 0 Å². The third-order valence-corrected chi connectivity index (χ3v) is 3.04. The van der Waals surface area contributed by atoms with Crippen LogP contribution in [0.25, 0.3) is 11.0 Å². The van der Waals surface area contributed by atoms with Crippen molar-refractivity contribution >= 4 is 26.9 Å². The fraction of sp³-hybridized carbons (Fsp3) is 0.273. The predicted molar refractivity (Wildman–Crippen MR) is 59.1 cm³/mol. The van der Waals surface area contributed by atoms with Crippen LogP contribution in [0.5, 0.6) is 0 Å². The smallest absolute Gasteiger partial charge is 0.201 e. The van der Waals surface area contributed by atoms with Gasteiger partial charge in [-0.15, -0.1) is 0 Å². The van der Waals surface area contributed by atoms with Gasteiger partial charge in [-0.1, -0.05) is 6.92 Å². The molecule has 16 heavy (non-hydrogen) atoms. The van der Waals surface area contributed by atoms with E-state index in [1.165, 1.54) is 6.07 Å². The summed E-state index contributed by atoms with van der Waals surface area (Å²) in [5.74, 6) is -1.78. The van der Waals surface area contributed by atoms with E-state index in [0.717, 1.165) is 6.07 Å². The van der Waals surface area contributed by atoms with Gasteiger partial charge in [0.05, 0.1) is 0 Å². The van der Waals surface area contributed by atoms with Crippen molar-refractivity contribution in [1.82, 2.24) is 0 Å². The first kappa shape index (κ1) is 11.5. The van der Waals surface area contributed by atoms with Gasteiger partial charge in [0.25, 0.3) is 0 Å². The van der Waals surface area contributed by atoms with Crippen LogP contribution >= 0.6 is 15.9 Å². The van der Waals surface area contributed by atoms with Crippen LogP contribution in [-0.4, -0.2) is 5.11 Å². The largest absolute Gasteiger partial charge is 0.455 e. The number of hydrogen-bond acceptors (Lipinski definition) is 2. The van der Waals surface area contributed by atoms with Gasteiger partial charge >= 0.3 is 0 Å². The Morgan fingerprint density at radius 2 is 2.12 bits per heavy atom. The van der Waals surface area contributed by atoms with Gasteiger partial charge in [0.2, 0.25) is 5.82 Å². The standard InChI is InChI=1S/C11H9BrF2O2/c1-2-8(15)9-3-5-6(12)4-7(13)10(14)11(5)16-9/h3-4,8,15H,2H2,1H3. The summed E-state index contributed by atoms with van der Waals surface area (Å²) in [5.41, 5.74) is -0.172. The first-order chi connectivity index (χ1) is 7.54. The molecule has 0 aliphatic rings. The van der Waals surface area contributed by atoms with Gasteiger partial charge in [-0.25, -0.2) is 4.39 Å². The average Bonchev–Trinajstić information content (AvgIpc) is 2.70. The molecule has 1 atom stereocenters. The van der Waals surface area contributed by atoms with E-state index in [0.29, 0.717) is 16.3 Å². The van der Waals surface area contributed by atoms with E-state index in [1.54, 1.807) is 6.92 Å². The normalized spacial score (nSPS) is 13.3. The molecule has 0 radical (unpaired) electrons. The van der Waals surface area contributed by atoms with E-state index in [4.69, 9.17) is 4.42 Å². The van der Waals surface area contributed by atoms with Crippen molar-refractivity contribution < 1.29 is 18.3 Å². The van der Waals surface area contributed by atoms with Crippen LogP contribution in [-0.2, 0) is 0 Å². The molecule has 2 aromatic rings. The molecule has 0 bridgehead atoms. The van der Waals surface area contributed by atoms with Crippen LogP contribution in [0.15, 0.2) is 21.0 Å². The number of rotatable bonds is 2. The van der Waals surface area contributed by atoms with Crippen LogP contribution in [0.2, 0.25) is 0 Å². The second-order valence-corrected chi connectivity index (χ2v) is 4.32. The summed E-state index contributed by atoms with van der Waals surface area (Å²) in [6.07, 6.45) is -0.358. The predicted octanol–water partition coefficient (Wildman–Crippen LogP) is 3.92. The van der Waals surface area contributed by atoms with Crippen molar-refractivity contribution in [3.05, 3.63) is 34.0 Å². The first-order valence-corrected chi connectivity index (χ1v) is 5.59. The number of benzene rings is 1. The molecular formula is C11H9BrF2O2. The summed E-state index contributed by atoms with van der Waals surface area (Å²) >= 11 is 3.12. The zero-order chi connectivity index (χ0) is 11.9. The Labute approximate surface area is 99.0 Å². The van der Waals surface area contributed by atoms with Gasteiger partial charge < -0.3 is 9.52 Å². The molecule has 0 spiro atoms. The lowest BCUT2D eigenvalue weighted by atomic mass is 10.2. The summed E-state index contributed by atoms with van der Waals surface area (Å²) in [4.78, 5) is 0. The topological polar surface area (TPSA) is 33.4 Å². The Balaban J connectivity index is 2.70. The molecule has 0 fully saturated rings. The molecular weight excluding hydrogens is 282 g/mol. The number of aliphatic hydroxyl groups excluding tert-OH is 1. The third kappa shape index (κ3) is 1.74. The lowest BCUT2D eigenvalue weighted by molar-refractivity contribution is 0.148. The molecule has 2 nitrogen and oxygen atoms in total. The minimum atomic E-state index is -1.03. The number of aliphatic hydroxyl groups is 1. The molecule has 0 aliphatic carbocycles. The summed E-state index contributed by atoms with van der Waals surface area (Å²) < 4.78 is 32.0. The maximum absolute atomic E-state index is 13.4. The van der Waals surface area contributed by atoms with Crippen molar-refractivity contribution in [2.45, 2.75) is 19.4 Å². The number of fused-ring (bicyclic) bond motifs is 1. The molecule has 1 heterocycles. The van der Waals surface area contributed by atoms with Crippen molar-refractivity contribution in [2.75, 3.05) is 0 Å². The minimum Gasteiger partial charge on any atom is -0.455 e. The summed E-state index contributed by atoms with van der Waals surface area (Å²) in [5, 5.41) is 9.97. The highest BCUT2D eigenvalue weighted by molar-refractivity contribution is 9.10. The average molecular weight is 291 g/mol. The Morgan fingerprint density at radius 3 is 2.75 bits per heavy atom. The third-order valence-electron chi connectivity index (χ3n) is 2.39. The highest BCUT2D eigenvalue weighted by Crippen LogP contribution is 2.33. The molecule has 0 saturated heterocycles.